The first-order valence-corrected chi connectivity index (χ1v) is 9.45. The van der Waals surface area contributed by atoms with E-state index in [1.165, 1.54) is 36.8 Å². The molecule has 1 saturated carbocycles. The lowest BCUT2D eigenvalue weighted by atomic mass is 9.96. The molecule has 2 heterocycles. The predicted molar refractivity (Wildman–Crippen MR) is 99.4 cm³/mol. The molecule has 3 rings (SSSR count). The van der Waals surface area contributed by atoms with Crippen molar-refractivity contribution in [1.82, 2.24) is 10.3 Å². The molecule has 0 aliphatic heterocycles. The Hall–Kier alpha value is -2.39. The molecule has 1 N–H and O–H groups in total. The van der Waals surface area contributed by atoms with Crippen LogP contribution in [0.1, 0.15) is 42.2 Å². The minimum Gasteiger partial charge on any atom is -0.350 e. The highest BCUT2D eigenvalue weighted by atomic mass is 32.1. The number of hydrogen-bond acceptors (Lipinski definition) is 5. The highest BCUT2D eigenvalue weighted by Gasteiger charge is 2.28. The molecule has 1 unspecified atom stereocenters. The van der Waals surface area contributed by atoms with Gasteiger partial charge in [-0.1, -0.05) is 18.9 Å². The van der Waals surface area contributed by atoms with Gasteiger partial charge in [0, 0.05) is 18.1 Å². The maximum absolute atomic E-state index is 12.6. The number of pyridine rings is 1. The van der Waals surface area contributed by atoms with Crippen LogP contribution in [-0.4, -0.2) is 24.5 Å². The van der Waals surface area contributed by atoms with Crippen LogP contribution in [0.4, 0.5) is 5.82 Å². The molecule has 5 nitrogen and oxygen atoms in total. The Morgan fingerprint density at radius 2 is 2.24 bits per heavy atom. The first-order chi connectivity index (χ1) is 12.2. The Morgan fingerprint density at radius 1 is 1.44 bits per heavy atom. The van der Waals surface area contributed by atoms with Gasteiger partial charge in [0.2, 0.25) is 5.91 Å². The number of aromatic nitrogens is 1. The highest BCUT2D eigenvalue weighted by Crippen LogP contribution is 2.37. The number of likely N-dealkylation sites (N-methyl/N-ethyl adjacent to an activating group) is 1. The van der Waals surface area contributed by atoms with Crippen LogP contribution < -0.4 is 10.2 Å². The van der Waals surface area contributed by atoms with Crippen molar-refractivity contribution in [2.24, 2.45) is 5.92 Å². The topological polar surface area (TPSA) is 69.0 Å². The number of hydrogen-bond donors (Lipinski definition) is 1. The number of nitrogens with one attached hydrogen (secondary N) is 1. The largest absolute Gasteiger partial charge is 0.350 e. The van der Waals surface area contributed by atoms with Crippen LogP contribution in [0, 0.1) is 17.2 Å². The molecule has 1 aliphatic rings. The van der Waals surface area contributed by atoms with Gasteiger partial charge in [-0.25, -0.2) is 4.98 Å². The zero-order chi connectivity index (χ0) is 17.6. The molecular weight excluding hydrogens is 332 g/mol. The quantitative estimate of drug-likeness (QED) is 0.862. The Bertz CT molecular complexity index is 730. The minimum atomic E-state index is -0.000963. The third-order valence-electron chi connectivity index (χ3n) is 4.69. The Labute approximate surface area is 152 Å². The Balaban J connectivity index is 1.63. The van der Waals surface area contributed by atoms with Crippen molar-refractivity contribution in [3.63, 3.8) is 0 Å². The third-order valence-corrected chi connectivity index (χ3v) is 5.64. The summed E-state index contributed by atoms with van der Waals surface area (Å²) >= 11 is 1.71. The first-order valence-electron chi connectivity index (χ1n) is 8.57. The third kappa shape index (κ3) is 4.37. The summed E-state index contributed by atoms with van der Waals surface area (Å²) in [7, 11) is 1.84. The molecule has 1 fully saturated rings. The molecule has 1 amide bonds. The molecule has 0 saturated heterocycles. The summed E-state index contributed by atoms with van der Waals surface area (Å²) in [5.41, 5.74) is 0.514. The summed E-state index contributed by atoms with van der Waals surface area (Å²) in [6.45, 7) is 0.244. The number of rotatable bonds is 6. The lowest BCUT2D eigenvalue weighted by Crippen LogP contribution is -2.39. The van der Waals surface area contributed by atoms with Gasteiger partial charge in [-0.15, -0.1) is 11.3 Å². The van der Waals surface area contributed by atoms with E-state index in [4.69, 9.17) is 5.26 Å². The zero-order valence-corrected chi connectivity index (χ0v) is 15.1. The van der Waals surface area contributed by atoms with Crippen LogP contribution in [0.2, 0.25) is 0 Å². The maximum atomic E-state index is 12.6. The number of carbonyl (C=O) groups is 1. The van der Waals surface area contributed by atoms with E-state index in [2.05, 4.69) is 21.7 Å². The van der Waals surface area contributed by atoms with Crippen LogP contribution >= 0.6 is 11.3 Å². The van der Waals surface area contributed by atoms with Gasteiger partial charge < -0.3 is 10.2 Å². The van der Waals surface area contributed by atoms with Crippen molar-refractivity contribution < 1.29 is 4.79 Å². The molecule has 130 valence electrons. The van der Waals surface area contributed by atoms with Gasteiger partial charge >= 0.3 is 0 Å². The maximum Gasteiger partial charge on any atom is 0.240 e. The van der Waals surface area contributed by atoms with Gasteiger partial charge in [-0.05, 0) is 42.3 Å². The summed E-state index contributed by atoms with van der Waals surface area (Å²) in [5.74, 6) is 1.21. The summed E-state index contributed by atoms with van der Waals surface area (Å²) in [4.78, 5) is 19.9. The second-order valence-electron chi connectivity index (χ2n) is 6.48. The summed E-state index contributed by atoms with van der Waals surface area (Å²) in [6, 6.07) is 9.79. The fourth-order valence-corrected chi connectivity index (χ4v) is 4.24. The second-order valence-corrected chi connectivity index (χ2v) is 7.46. The van der Waals surface area contributed by atoms with Gasteiger partial charge in [0.15, 0.2) is 0 Å². The predicted octanol–water partition coefficient (Wildman–Crippen LogP) is 3.50. The molecule has 1 atom stereocenters. The Kier molecular flexibility index (Phi) is 5.67. The highest BCUT2D eigenvalue weighted by molar-refractivity contribution is 7.10. The van der Waals surface area contributed by atoms with Crippen molar-refractivity contribution in [3.05, 3.63) is 46.3 Å². The zero-order valence-electron chi connectivity index (χ0n) is 14.3. The Morgan fingerprint density at radius 3 is 2.84 bits per heavy atom. The van der Waals surface area contributed by atoms with E-state index in [-0.39, 0.29) is 18.5 Å². The summed E-state index contributed by atoms with van der Waals surface area (Å²) < 4.78 is 0. The van der Waals surface area contributed by atoms with E-state index in [1.54, 1.807) is 28.4 Å². The fraction of sp³-hybridized carbons (Fsp3) is 0.421. The van der Waals surface area contributed by atoms with Crippen LogP contribution in [0.3, 0.4) is 0 Å². The molecule has 0 spiro atoms. The van der Waals surface area contributed by atoms with Crippen LogP contribution in [0.5, 0.6) is 0 Å². The number of anilines is 1. The first kappa shape index (κ1) is 17.4. The standard InChI is InChI=1S/C19H22N4OS/c1-23(17-9-8-14(11-20)12-21-17)13-18(24)22-19(15-5-2-3-6-15)16-7-4-10-25-16/h4,7-10,12,15,19H,2-3,5-6,13H2,1H3,(H,22,24). The summed E-state index contributed by atoms with van der Waals surface area (Å²) in [6.07, 6.45) is 6.37. The SMILES string of the molecule is CN(CC(=O)NC(c1cccs1)C1CCCC1)c1ccc(C#N)cn1. The lowest BCUT2D eigenvalue weighted by Gasteiger charge is -2.25. The minimum absolute atomic E-state index is 0.000963. The van der Waals surface area contributed by atoms with E-state index < -0.39 is 0 Å². The molecule has 0 aromatic carbocycles. The van der Waals surface area contributed by atoms with E-state index in [0.29, 0.717) is 17.3 Å². The number of nitrogens with zero attached hydrogens (tertiary/aromatic N) is 3. The molecule has 0 radical (unpaired) electrons. The van der Waals surface area contributed by atoms with E-state index in [9.17, 15) is 4.79 Å². The van der Waals surface area contributed by atoms with Crippen LogP contribution in [-0.2, 0) is 4.79 Å². The number of nitriles is 1. The molecule has 25 heavy (non-hydrogen) atoms. The van der Waals surface area contributed by atoms with Crippen molar-refractivity contribution in [1.29, 1.82) is 5.26 Å². The molecule has 2 aromatic heterocycles. The summed E-state index contributed by atoms with van der Waals surface area (Å²) in [5, 5.41) is 14.1. The van der Waals surface area contributed by atoms with Gasteiger partial charge in [-0.2, -0.15) is 5.26 Å². The lowest BCUT2D eigenvalue weighted by molar-refractivity contribution is -0.120. The van der Waals surface area contributed by atoms with Gasteiger partial charge in [0.25, 0.3) is 0 Å². The van der Waals surface area contributed by atoms with Crippen molar-refractivity contribution in [3.8, 4) is 6.07 Å². The van der Waals surface area contributed by atoms with E-state index in [1.807, 2.05) is 19.2 Å². The average Bonchev–Trinajstić information content (AvgIpc) is 3.33. The van der Waals surface area contributed by atoms with E-state index in [0.717, 1.165) is 0 Å². The van der Waals surface area contributed by atoms with Crippen LogP contribution in [0.25, 0.3) is 0 Å². The smallest absolute Gasteiger partial charge is 0.240 e. The van der Waals surface area contributed by atoms with Gasteiger partial charge in [-0.3, -0.25) is 4.79 Å². The molecular formula is C19H22N4OS. The van der Waals surface area contributed by atoms with Gasteiger partial charge in [0.1, 0.15) is 11.9 Å². The molecule has 2 aromatic rings. The molecule has 6 heteroatoms. The van der Waals surface area contributed by atoms with Crippen molar-refractivity contribution >= 4 is 23.1 Å². The fourth-order valence-electron chi connectivity index (χ4n) is 3.37. The number of thiophene rings is 1. The number of amides is 1. The van der Waals surface area contributed by atoms with E-state index >= 15 is 0 Å². The monoisotopic (exact) mass is 354 g/mol. The second kappa shape index (κ2) is 8.13. The molecule has 1 aliphatic carbocycles. The van der Waals surface area contributed by atoms with Crippen LogP contribution in [0.15, 0.2) is 35.8 Å². The number of carbonyl (C=O) groups excluding carboxylic acids is 1. The van der Waals surface area contributed by atoms with Crippen molar-refractivity contribution in [2.45, 2.75) is 31.7 Å². The average molecular weight is 354 g/mol. The normalized spacial score (nSPS) is 15.5. The van der Waals surface area contributed by atoms with Crippen molar-refractivity contribution in [2.75, 3.05) is 18.5 Å². The van der Waals surface area contributed by atoms with Gasteiger partial charge in [0.05, 0.1) is 18.2 Å². The molecule has 0 bridgehead atoms.